The first-order valence-corrected chi connectivity index (χ1v) is 31.0. The van der Waals surface area contributed by atoms with Gasteiger partial charge in [0.2, 0.25) is 0 Å². The highest BCUT2D eigenvalue weighted by Gasteiger charge is 2.06. The van der Waals surface area contributed by atoms with Gasteiger partial charge in [0.1, 0.15) is 13.1 Å². The Balaban J connectivity index is 0. The maximum absolute atomic E-state index is 2.45. The molecule has 0 saturated heterocycles. The van der Waals surface area contributed by atoms with Crippen LogP contribution in [0.5, 0.6) is 0 Å². The van der Waals surface area contributed by atoms with Crippen LogP contribution in [0.3, 0.4) is 0 Å². The van der Waals surface area contributed by atoms with Gasteiger partial charge in [-0.3, -0.25) is 0 Å². The molecule has 0 aliphatic carbocycles. The molecule has 5 heteroatoms. The molecule has 414 valence electrons. The Labute approximate surface area is 462 Å². The van der Waals surface area contributed by atoms with Crippen LogP contribution < -0.4 is 38.5 Å². The summed E-state index contributed by atoms with van der Waals surface area (Å²) in [7, 11) is 0. The number of nitrogens with zero attached hydrogens (tertiary/aromatic N) is 3. The quantitative estimate of drug-likeness (QED) is 0.0475. The number of halogens is 2. The number of rotatable bonds is 45. The van der Waals surface area contributed by atoms with Gasteiger partial charge >= 0.3 is 0 Å². The van der Waals surface area contributed by atoms with Gasteiger partial charge in [0.05, 0.1) is 0 Å². The van der Waals surface area contributed by atoms with E-state index < -0.39 is 0 Å². The Morgan fingerprint density at radius 1 is 0.366 bits per heavy atom. The van der Waals surface area contributed by atoms with Crippen LogP contribution in [0.4, 0.5) is 0 Å². The Kier molecular flexibility index (Phi) is 58.0. The molecule has 3 nitrogen and oxygen atoms in total. The van der Waals surface area contributed by atoms with Crippen molar-refractivity contribution in [2.24, 2.45) is 0 Å². The topological polar surface area (TPSA) is 11.0 Å². The van der Waals surface area contributed by atoms with Gasteiger partial charge in [-0.25, -0.2) is 9.13 Å². The minimum absolute atomic E-state index is 0. The number of unbranched alkanes of at least 4 members (excludes halogenated alkanes) is 39. The molecule has 3 heterocycles. The lowest BCUT2D eigenvalue weighted by atomic mass is 10.0. The second-order valence-corrected chi connectivity index (χ2v) is 21.7. The summed E-state index contributed by atoms with van der Waals surface area (Å²) < 4.78 is 4.75. The lowest BCUT2D eigenvalue weighted by Crippen LogP contribution is -3.00. The van der Waals surface area contributed by atoms with Crippen molar-refractivity contribution in [1.29, 1.82) is 0 Å². The maximum Gasteiger partial charge on any atom is 0.178 e. The molecule has 0 saturated carbocycles. The van der Waals surface area contributed by atoms with Crippen molar-refractivity contribution in [3.05, 3.63) is 84.1 Å². The summed E-state index contributed by atoms with van der Waals surface area (Å²) in [4.78, 5) is 2.45. The smallest absolute Gasteiger partial charge is 0.178 e. The van der Waals surface area contributed by atoms with E-state index in [1.54, 1.807) is 0 Å². The van der Waals surface area contributed by atoms with E-state index in [1.807, 2.05) is 0 Å². The molecule has 2 aromatic heterocycles. The van der Waals surface area contributed by atoms with Crippen molar-refractivity contribution in [3.63, 3.8) is 0 Å². The second kappa shape index (κ2) is 57.6. The third-order valence-corrected chi connectivity index (χ3v) is 14.8. The van der Waals surface area contributed by atoms with Crippen molar-refractivity contribution in [2.75, 3.05) is 13.1 Å². The Bertz CT molecular complexity index is 1340. The van der Waals surface area contributed by atoms with Gasteiger partial charge in [-0.05, 0) is 38.5 Å². The summed E-state index contributed by atoms with van der Waals surface area (Å²) in [5.74, 6) is 0. The molecule has 0 fully saturated rings. The van der Waals surface area contributed by atoms with Gasteiger partial charge in [-0.2, -0.15) is 0 Å². The highest BCUT2D eigenvalue weighted by atomic mass is 79.9. The van der Waals surface area contributed by atoms with Crippen LogP contribution in [-0.4, -0.2) is 18.0 Å². The van der Waals surface area contributed by atoms with Gasteiger partial charge in [-0.15, -0.1) is 0 Å². The van der Waals surface area contributed by atoms with Crippen molar-refractivity contribution in [1.82, 2.24) is 4.90 Å². The SMILES string of the molecule is CCCCCCCCCCCCCCCCN1C=CC=C(C)C1.CCCCCCCCCCCCCCCC[n+]1ccccc1C.CCCCCCCCCCCCCCCC[n+]1ccccc1C.[Br-].[Cl-]. The molecule has 71 heavy (non-hydrogen) atoms. The molecule has 1 aliphatic heterocycles. The van der Waals surface area contributed by atoms with E-state index in [4.69, 9.17) is 0 Å². The van der Waals surface area contributed by atoms with Crippen LogP contribution in [0.15, 0.2) is 72.7 Å². The lowest BCUT2D eigenvalue weighted by Gasteiger charge is -2.23. The van der Waals surface area contributed by atoms with E-state index >= 15 is 0 Å². The maximum atomic E-state index is 2.45. The molecule has 3 rings (SSSR count). The number of hydrogen-bond donors (Lipinski definition) is 0. The minimum Gasteiger partial charge on any atom is -1.00 e. The zero-order valence-electron chi connectivity index (χ0n) is 48.5. The summed E-state index contributed by atoms with van der Waals surface area (Å²) in [6.45, 7) is 18.2. The first kappa shape index (κ1) is 71.4. The zero-order valence-corrected chi connectivity index (χ0v) is 50.8. The fourth-order valence-electron chi connectivity index (χ4n) is 10.00. The molecule has 0 amide bonds. The van der Waals surface area contributed by atoms with E-state index in [0.717, 1.165) is 6.54 Å². The molecular formula is C66H121BrClN3. The van der Waals surface area contributed by atoms with Crippen LogP contribution in [0.25, 0.3) is 0 Å². The molecule has 0 aromatic carbocycles. The normalized spacial score (nSPS) is 11.8. The van der Waals surface area contributed by atoms with E-state index in [2.05, 4.69) is 123 Å². The Hall–Kier alpha value is -1.65. The van der Waals surface area contributed by atoms with Crippen molar-refractivity contribution < 1.29 is 38.5 Å². The summed E-state index contributed by atoms with van der Waals surface area (Å²) in [6, 6.07) is 12.9. The van der Waals surface area contributed by atoms with E-state index in [0.29, 0.717) is 0 Å². The van der Waals surface area contributed by atoms with E-state index in [-0.39, 0.29) is 29.4 Å². The number of allylic oxidation sites excluding steroid dienone is 2. The molecule has 0 radical (unpaired) electrons. The Morgan fingerprint density at radius 2 is 0.634 bits per heavy atom. The van der Waals surface area contributed by atoms with Crippen LogP contribution in [0, 0.1) is 13.8 Å². The summed E-state index contributed by atoms with van der Waals surface area (Å²) >= 11 is 0. The fourth-order valence-corrected chi connectivity index (χ4v) is 10.00. The van der Waals surface area contributed by atoms with Gasteiger partial charge in [0.25, 0.3) is 0 Å². The van der Waals surface area contributed by atoms with Gasteiger partial charge < -0.3 is 34.3 Å². The average molecular weight is 1070 g/mol. The summed E-state index contributed by atoms with van der Waals surface area (Å²) in [5.41, 5.74) is 4.24. The van der Waals surface area contributed by atoms with Crippen molar-refractivity contribution in [3.8, 4) is 0 Å². The average Bonchev–Trinajstić information content (AvgIpc) is 3.36. The number of aryl methyl sites for hydroxylation is 4. The first-order valence-electron chi connectivity index (χ1n) is 31.0. The van der Waals surface area contributed by atoms with Crippen LogP contribution in [0.2, 0.25) is 0 Å². The second-order valence-electron chi connectivity index (χ2n) is 21.7. The molecule has 0 atom stereocenters. The molecule has 0 spiro atoms. The van der Waals surface area contributed by atoms with Crippen LogP contribution >= 0.6 is 0 Å². The standard InChI is InChI=1S/2C22H40N.C22H41N.BrH.ClH/c2*1-3-4-5-6-7-8-9-10-11-12-13-14-15-17-20-23-21-18-16-19-22(23)2;1-3-4-5-6-7-8-9-10-11-12-13-14-15-16-19-23-20-17-18-22(2)21-23;;/h2*16,18-19,21H,3-15,17,20H2,1-2H3;17-18,20H,3-16,19,21H2,1-2H3;2*1H/q2*+1;;;/p-2. The van der Waals surface area contributed by atoms with Gasteiger partial charge in [0.15, 0.2) is 23.8 Å². The van der Waals surface area contributed by atoms with Crippen LogP contribution in [0.1, 0.15) is 309 Å². The zero-order chi connectivity index (χ0) is 49.8. The van der Waals surface area contributed by atoms with E-state index in [9.17, 15) is 0 Å². The highest BCUT2D eigenvalue weighted by Crippen LogP contribution is 2.16. The molecule has 0 bridgehead atoms. The van der Waals surface area contributed by atoms with Gasteiger partial charge in [0, 0.05) is 64.0 Å². The fraction of sp³-hybridized carbons (Fsp3) is 0.788. The van der Waals surface area contributed by atoms with E-state index in [1.165, 1.54) is 306 Å². The highest BCUT2D eigenvalue weighted by molar-refractivity contribution is 5.16. The first-order chi connectivity index (χ1) is 34.0. The van der Waals surface area contributed by atoms with Crippen LogP contribution in [-0.2, 0) is 13.1 Å². The predicted octanol–water partition coefficient (Wildman–Crippen LogP) is 14.8. The predicted molar refractivity (Wildman–Crippen MR) is 308 cm³/mol. The molecule has 0 unspecified atom stereocenters. The van der Waals surface area contributed by atoms with Gasteiger partial charge in [-0.1, -0.05) is 282 Å². The molecule has 1 aliphatic rings. The minimum atomic E-state index is 0. The summed E-state index contributed by atoms with van der Waals surface area (Å²) in [6.07, 6.45) is 71.4. The summed E-state index contributed by atoms with van der Waals surface area (Å²) in [5, 5.41) is 0. The van der Waals surface area contributed by atoms with Crippen molar-refractivity contribution in [2.45, 2.75) is 324 Å². The molecular weight excluding hydrogens is 950 g/mol. The number of hydrogen-bond acceptors (Lipinski definition) is 1. The van der Waals surface area contributed by atoms with Crippen molar-refractivity contribution >= 4 is 0 Å². The molecule has 2 aromatic rings. The largest absolute Gasteiger partial charge is 1.00 e. The third-order valence-electron chi connectivity index (χ3n) is 14.8. The third kappa shape index (κ3) is 49.0. The number of pyridine rings is 2. The number of aromatic nitrogens is 2. The Morgan fingerprint density at radius 3 is 0.901 bits per heavy atom. The molecule has 0 N–H and O–H groups in total. The monoisotopic (exact) mass is 1070 g/mol. The lowest BCUT2D eigenvalue weighted by molar-refractivity contribution is -0.703.